The zero-order valence-corrected chi connectivity index (χ0v) is 7.11. The molecule has 2 atom stereocenters. The van der Waals surface area contributed by atoms with E-state index < -0.39 is 23.9 Å². The van der Waals surface area contributed by atoms with Crippen LogP contribution >= 0.6 is 0 Å². The molecule has 0 unspecified atom stereocenters. The van der Waals surface area contributed by atoms with Crippen LogP contribution in [0.5, 0.6) is 0 Å². The number of methoxy groups -OCH3 is 1. The first-order valence-electron chi connectivity index (χ1n) is 3.55. The normalized spacial score (nSPS) is 14.9. The van der Waals surface area contributed by atoms with Gasteiger partial charge in [-0.3, -0.25) is 9.59 Å². The molecular weight excluding hydrogens is 162 g/mol. The van der Waals surface area contributed by atoms with Crippen molar-refractivity contribution in [1.82, 2.24) is 0 Å². The van der Waals surface area contributed by atoms with E-state index in [4.69, 9.17) is 10.8 Å². The van der Waals surface area contributed by atoms with Crippen LogP contribution in [0.3, 0.4) is 0 Å². The number of hydrogen-bond acceptors (Lipinski definition) is 4. The van der Waals surface area contributed by atoms with Crippen molar-refractivity contribution in [3.05, 3.63) is 0 Å². The molecule has 0 aromatic rings. The molecule has 0 heterocycles. The molecule has 3 N–H and O–H groups in total. The van der Waals surface area contributed by atoms with E-state index in [9.17, 15) is 9.59 Å². The maximum Gasteiger partial charge on any atom is 0.322 e. The Kier molecular flexibility index (Phi) is 4.28. The van der Waals surface area contributed by atoms with Gasteiger partial charge in [-0.25, -0.2) is 0 Å². The summed E-state index contributed by atoms with van der Waals surface area (Å²) in [5, 5.41) is 8.48. The van der Waals surface area contributed by atoms with Crippen LogP contribution in [0.15, 0.2) is 0 Å². The van der Waals surface area contributed by atoms with Gasteiger partial charge in [0.2, 0.25) is 0 Å². The molecule has 0 rings (SSSR count). The second-order valence-electron chi connectivity index (χ2n) is 2.60. The molecule has 0 aromatic heterocycles. The summed E-state index contributed by atoms with van der Waals surface area (Å²) < 4.78 is 4.34. The highest BCUT2D eigenvalue weighted by atomic mass is 16.5. The summed E-state index contributed by atoms with van der Waals surface area (Å²) in [6.07, 6.45) is 0.0992. The number of carbonyl (C=O) groups excluding carboxylic acids is 1. The maximum absolute atomic E-state index is 10.7. The molecule has 70 valence electrons. The summed E-state index contributed by atoms with van der Waals surface area (Å²) in [4.78, 5) is 21.1. The van der Waals surface area contributed by atoms with E-state index in [1.54, 1.807) is 0 Å². The minimum atomic E-state index is -0.964. The van der Waals surface area contributed by atoms with Crippen LogP contribution in [0.2, 0.25) is 0 Å². The van der Waals surface area contributed by atoms with Crippen molar-refractivity contribution >= 4 is 11.9 Å². The summed E-state index contributed by atoms with van der Waals surface area (Å²) in [5.74, 6) is -2.17. The number of aliphatic carboxylic acids is 1. The zero-order chi connectivity index (χ0) is 9.72. The monoisotopic (exact) mass is 175 g/mol. The molecule has 0 aliphatic carbocycles. The lowest BCUT2D eigenvalue weighted by Gasteiger charge is -2.11. The number of carboxylic acids is 1. The summed E-state index contributed by atoms with van der Waals surface area (Å²) in [7, 11) is 1.22. The van der Waals surface area contributed by atoms with Crippen molar-refractivity contribution in [2.24, 2.45) is 11.7 Å². The lowest BCUT2D eigenvalue weighted by Crippen LogP contribution is -2.34. The third-order valence-corrected chi connectivity index (χ3v) is 1.53. The molecule has 0 aliphatic rings. The van der Waals surface area contributed by atoms with Gasteiger partial charge in [0.15, 0.2) is 0 Å². The molecule has 0 saturated heterocycles. The van der Waals surface area contributed by atoms with Crippen LogP contribution in [0.25, 0.3) is 0 Å². The van der Waals surface area contributed by atoms with Crippen LogP contribution in [-0.4, -0.2) is 30.2 Å². The van der Waals surface area contributed by atoms with Crippen LogP contribution in [-0.2, 0) is 14.3 Å². The maximum atomic E-state index is 10.7. The van der Waals surface area contributed by atoms with Gasteiger partial charge in [0.1, 0.15) is 6.04 Å². The Morgan fingerprint density at radius 3 is 2.42 bits per heavy atom. The Labute approximate surface area is 70.5 Å². The number of ether oxygens (including phenoxy) is 1. The second kappa shape index (κ2) is 4.71. The van der Waals surface area contributed by atoms with Gasteiger partial charge in [-0.2, -0.15) is 0 Å². The number of esters is 1. The van der Waals surface area contributed by atoms with Gasteiger partial charge in [0.05, 0.1) is 13.0 Å². The topological polar surface area (TPSA) is 89.6 Å². The molecular formula is C7H13NO4. The predicted molar refractivity (Wildman–Crippen MR) is 41.4 cm³/mol. The van der Waals surface area contributed by atoms with Crippen LogP contribution in [0.4, 0.5) is 0 Å². The second-order valence-corrected chi connectivity index (χ2v) is 2.60. The number of carboxylic acid groups (broad SMARTS) is 1. The standard InChI is InChI=1S/C7H13NO4/c1-4(6(9)10)3-5(8)7(11)12-2/h4-5H,3,8H2,1-2H3,(H,9,10)/t4-,5+/m1/s1. The SMILES string of the molecule is COC(=O)[C@@H](N)C[C@@H](C)C(=O)O. The van der Waals surface area contributed by atoms with E-state index in [0.29, 0.717) is 0 Å². The van der Waals surface area contributed by atoms with Crippen molar-refractivity contribution < 1.29 is 19.4 Å². The van der Waals surface area contributed by atoms with E-state index in [1.165, 1.54) is 14.0 Å². The van der Waals surface area contributed by atoms with Gasteiger partial charge in [0.25, 0.3) is 0 Å². The van der Waals surface area contributed by atoms with E-state index >= 15 is 0 Å². The van der Waals surface area contributed by atoms with E-state index in [-0.39, 0.29) is 6.42 Å². The largest absolute Gasteiger partial charge is 0.481 e. The Bertz CT molecular complexity index is 180. The van der Waals surface area contributed by atoms with E-state index in [2.05, 4.69) is 4.74 Å². The van der Waals surface area contributed by atoms with Gasteiger partial charge in [-0.1, -0.05) is 6.92 Å². The summed E-state index contributed by atoms with van der Waals surface area (Å²) in [6.45, 7) is 1.49. The van der Waals surface area contributed by atoms with Crippen LogP contribution in [0.1, 0.15) is 13.3 Å². The fourth-order valence-electron chi connectivity index (χ4n) is 0.729. The smallest absolute Gasteiger partial charge is 0.322 e. The van der Waals surface area contributed by atoms with Gasteiger partial charge >= 0.3 is 11.9 Å². The molecule has 0 saturated carbocycles. The Morgan fingerprint density at radius 1 is 1.58 bits per heavy atom. The quantitative estimate of drug-likeness (QED) is 0.567. The molecule has 5 nitrogen and oxygen atoms in total. The number of nitrogens with two attached hydrogens (primary N) is 1. The highest BCUT2D eigenvalue weighted by molar-refractivity contribution is 5.77. The molecule has 0 aromatic carbocycles. The first-order valence-corrected chi connectivity index (χ1v) is 3.55. The fraction of sp³-hybridized carbons (Fsp3) is 0.714. The van der Waals surface area contributed by atoms with E-state index in [1.807, 2.05) is 0 Å². The Hall–Kier alpha value is -1.10. The number of rotatable bonds is 4. The summed E-state index contributed by atoms with van der Waals surface area (Å²) >= 11 is 0. The minimum Gasteiger partial charge on any atom is -0.481 e. The van der Waals surface area contributed by atoms with Gasteiger partial charge in [-0.15, -0.1) is 0 Å². The minimum absolute atomic E-state index is 0.0992. The molecule has 0 fully saturated rings. The predicted octanol–water partition coefficient (Wildman–Crippen LogP) is -0.402. The van der Waals surface area contributed by atoms with Crippen molar-refractivity contribution in [3.8, 4) is 0 Å². The molecule has 12 heavy (non-hydrogen) atoms. The molecule has 0 amide bonds. The van der Waals surface area contributed by atoms with Crippen molar-refractivity contribution in [3.63, 3.8) is 0 Å². The van der Waals surface area contributed by atoms with Gasteiger partial charge < -0.3 is 15.6 Å². The summed E-state index contributed by atoms with van der Waals surface area (Å²) in [6, 6.07) is -0.846. The first-order chi connectivity index (χ1) is 5.49. The average molecular weight is 175 g/mol. The lowest BCUT2D eigenvalue weighted by atomic mass is 10.0. The number of carbonyl (C=O) groups is 2. The van der Waals surface area contributed by atoms with Crippen molar-refractivity contribution in [2.75, 3.05) is 7.11 Å². The molecule has 0 bridgehead atoms. The zero-order valence-electron chi connectivity index (χ0n) is 7.11. The fourth-order valence-corrected chi connectivity index (χ4v) is 0.729. The summed E-state index contributed by atoms with van der Waals surface area (Å²) in [5.41, 5.74) is 5.33. The molecule has 0 radical (unpaired) electrons. The first kappa shape index (κ1) is 10.9. The Balaban J connectivity index is 3.91. The third-order valence-electron chi connectivity index (χ3n) is 1.53. The van der Waals surface area contributed by atoms with Gasteiger partial charge in [0, 0.05) is 0 Å². The highest BCUT2D eigenvalue weighted by Gasteiger charge is 2.20. The van der Waals surface area contributed by atoms with Crippen molar-refractivity contribution in [2.45, 2.75) is 19.4 Å². The van der Waals surface area contributed by atoms with E-state index in [0.717, 1.165) is 0 Å². The molecule has 0 aliphatic heterocycles. The lowest BCUT2D eigenvalue weighted by molar-refractivity contribution is -0.144. The molecule has 5 heteroatoms. The molecule has 0 spiro atoms. The third kappa shape index (κ3) is 3.34. The number of hydrogen-bond donors (Lipinski definition) is 2. The van der Waals surface area contributed by atoms with Gasteiger partial charge in [-0.05, 0) is 6.42 Å². The van der Waals surface area contributed by atoms with Crippen LogP contribution < -0.4 is 5.73 Å². The Morgan fingerprint density at radius 2 is 2.08 bits per heavy atom. The average Bonchev–Trinajstić information content (AvgIpc) is 2.02. The highest BCUT2D eigenvalue weighted by Crippen LogP contribution is 2.05. The van der Waals surface area contributed by atoms with Crippen LogP contribution in [0, 0.1) is 5.92 Å². The van der Waals surface area contributed by atoms with Crippen molar-refractivity contribution in [1.29, 1.82) is 0 Å².